The summed E-state index contributed by atoms with van der Waals surface area (Å²) < 4.78 is 4.84. The van der Waals surface area contributed by atoms with Crippen LogP contribution in [0.2, 0.25) is 0 Å². The second kappa shape index (κ2) is 9.70. The summed E-state index contributed by atoms with van der Waals surface area (Å²) >= 11 is 0. The second-order valence-electron chi connectivity index (χ2n) is 3.73. The SMILES string of the molecule is CCCC.CNc1ccc(COC(C)=O)cc1.[HH]. The van der Waals surface area contributed by atoms with Crippen molar-refractivity contribution in [1.82, 2.24) is 0 Å². The lowest BCUT2D eigenvalue weighted by Crippen LogP contribution is -1.98. The maximum Gasteiger partial charge on any atom is 0.302 e. The number of unbranched alkanes of at least 4 members (excludes halogenated alkanes) is 1. The molecule has 0 saturated heterocycles. The molecule has 0 saturated carbocycles. The van der Waals surface area contributed by atoms with Crippen LogP contribution in [-0.4, -0.2) is 13.0 Å². The zero-order valence-corrected chi connectivity index (χ0v) is 11.2. The van der Waals surface area contributed by atoms with Crippen molar-refractivity contribution >= 4 is 11.7 Å². The maximum absolute atomic E-state index is 10.5. The Balaban J connectivity index is 0. The van der Waals surface area contributed by atoms with Gasteiger partial charge in [0.25, 0.3) is 0 Å². The van der Waals surface area contributed by atoms with E-state index in [1.165, 1.54) is 19.8 Å². The zero-order valence-electron chi connectivity index (χ0n) is 11.2. The first-order valence-electron chi connectivity index (χ1n) is 6.04. The number of esters is 1. The third-order valence-corrected chi connectivity index (χ3v) is 2.18. The third-order valence-electron chi connectivity index (χ3n) is 2.18. The van der Waals surface area contributed by atoms with E-state index in [0.717, 1.165) is 11.3 Å². The highest BCUT2D eigenvalue weighted by Crippen LogP contribution is 2.09. The Morgan fingerprint density at radius 1 is 1.24 bits per heavy atom. The van der Waals surface area contributed by atoms with E-state index in [-0.39, 0.29) is 7.40 Å². The van der Waals surface area contributed by atoms with Gasteiger partial charge in [-0.3, -0.25) is 4.79 Å². The standard InChI is InChI=1S/C10H13NO2.C4H10.H2/c1-8(12)13-7-9-3-5-10(11-2)6-4-9;1-3-4-2;/h3-6,11H,7H2,1-2H3;3-4H2,1-2H3;1H. The summed E-state index contributed by atoms with van der Waals surface area (Å²) in [6.45, 7) is 6.11. The molecule has 1 aromatic rings. The number of hydrogen-bond donors (Lipinski definition) is 1. The molecular formula is C14H25NO2. The minimum absolute atomic E-state index is 0. The summed E-state index contributed by atoms with van der Waals surface area (Å²) in [4.78, 5) is 10.5. The summed E-state index contributed by atoms with van der Waals surface area (Å²) in [6, 6.07) is 7.74. The largest absolute Gasteiger partial charge is 0.461 e. The van der Waals surface area contributed by atoms with Crippen molar-refractivity contribution in [3.8, 4) is 0 Å². The molecule has 3 nitrogen and oxygen atoms in total. The molecule has 0 radical (unpaired) electrons. The topological polar surface area (TPSA) is 38.3 Å². The quantitative estimate of drug-likeness (QED) is 0.811. The van der Waals surface area contributed by atoms with Gasteiger partial charge in [-0.05, 0) is 17.7 Å². The van der Waals surface area contributed by atoms with E-state index in [9.17, 15) is 4.79 Å². The van der Waals surface area contributed by atoms with Crippen LogP contribution in [0.1, 0.15) is 40.6 Å². The number of ether oxygens (including phenoxy) is 1. The lowest BCUT2D eigenvalue weighted by atomic mass is 10.2. The molecule has 1 rings (SSSR count). The molecule has 0 bridgehead atoms. The van der Waals surface area contributed by atoms with Crippen LogP contribution in [0.25, 0.3) is 0 Å². The molecule has 0 unspecified atom stereocenters. The molecule has 0 spiro atoms. The smallest absolute Gasteiger partial charge is 0.302 e. The summed E-state index contributed by atoms with van der Waals surface area (Å²) in [7, 11) is 1.86. The monoisotopic (exact) mass is 239 g/mol. The van der Waals surface area contributed by atoms with Crippen molar-refractivity contribution < 1.29 is 11.0 Å². The number of rotatable bonds is 4. The molecule has 0 aromatic heterocycles. The van der Waals surface area contributed by atoms with Gasteiger partial charge in [0.05, 0.1) is 0 Å². The van der Waals surface area contributed by atoms with E-state index in [4.69, 9.17) is 4.74 Å². The van der Waals surface area contributed by atoms with E-state index < -0.39 is 0 Å². The number of carbonyl (C=O) groups excluding carboxylic acids is 1. The first kappa shape index (κ1) is 15.5. The average Bonchev–Trinajstić information content (AvgIpc) is 2.37. The number of nitrogens with one attached hydrogen (secondary N) is 1. The first-order valence-corrected chi connectivity index (χ1v) is 6.04. The number of carbonyl (C=O) groups is 1. The highest BCUT2D eigenvalue weighted by Gasteiger charge is 1.95. The molecule has 1 aromatic carbocycles. The Kier molecular flexibility index (Phi) is 8.84. The molecule has 3 heteroatoms. The highest BCUT2D eigenvalue weighted by atomic mass is 16.5. The molecule has 0 fully saturated rings. The Hall–Kier alpha value is -1.51. The van der Waals surface area contributed by atoms with E-state index in [2.05, 4.69) is 19.2 Å². The van der Waals surface area contributed by atoms with Crippen LogP contribution >= 0.6 is 0 Å². The Bertz CT molecular complexity index is 310. The van der Waals surface area contributed by atoms with Crippen LogP contribution in [0.5, 0.6) is 0 Å². The van der Waals surface area contributed by atoms with Crippen molar-refractivity contribution in [2.75, 3.05) is 12.4 Å². The molecule has 0 amide bonds. The normalized spacial score (nSPS) is 8.94. The van der Waals surface area contributed by atoms with Crippen LogP contribution in [0.15, 0.2) is 24.3 Å². The number of hydrogen-bond acceptors (Lipinski definition) is 3. The van der Waals surface area contributed by atoms with Crippen molar-refractivity contribution in [2.24, 2.45) is 0 Å². The van der Waals surface area contributed by atoms with Crippen molar-refractivity contribution in [2.45, 2.75) is 40.2 Å². The Labute approximate surface area is 106 Å². The highest BCUT2D eigenvalue weighted by molar-refractivity contribution is 5.65. The average molecular weight is 239 g/mol. The fourth-order valence-electron chi connectivity index (χ4n) is 0.953. The molecule has 0 heterocycles. The molecule has 17 heavy (non-hydrogen) atoms. The van der Waals surface area contributed by atoms with E-state index >= 15 is 0 Å². The number of benzene rings is 1. The van der Waals surface area contributed by atoms with Gasteiger partial charge in [0.2, 0.25) is 0 Å². The van der Waals surface area contributed by atoms with Gasteiger partial charge in [-0.2, -0.15) is 0 Å². The van der Waals surface area contributed by atoms with Gasteiger partial charge in [-0.15, -0.1) is 0 Å². The lowest BCUT2D eigenvalue weighted by molar-refractivity contribution is -0.142. The molecule has 0 aliphatic carbocycles. The predicted octanol–water partition coefficient (Wildman–Crippen LogP) is 3.84. The summed E-state index contributed by atoms with van der Waals surface area (Å²) in [5.41, 5.74) is 2.04. The van der Waals surface area contributed by atoms with E-state index in [1.54, 1.807) is 0 Å². The zero-order chi connectivity index (χ0) is 13.1. The van der Waals surface area contributed by atoms with Gasteiger partial charge in [0.15, 0.2) is 0 Å². The summed E-state index contributed by atoms with van der Waals surface area (Å²) in [6.07, 6.45) is 2.64. The van der Waals surface area contributed by atoms with Crippen LogP contribution in [0, 0.1) is 0 Å². The van der Waals surface area contributed by atoms with Gasteiger partial charge in [0, 0.05) is 21.1 Å². The van der Waals surface area contributed by atoms with Gasteiger partial charge in [0.1, 0.15) is 6.61 Å². The fraction of sp³-hybridized carbons (Fsp3) is 0.500. The summed E-state index contributed by atoms with van der Waals surface area (Å²) in [5.74, 6) is -0.252. The van der Waals surface area contributed by atoms with Crippen LogP contribution in [-0.2, 0) is 16.1 Å². The van der Waals surface area contributed by atoms with Gasteiger partial charge in [-0.25, -0.2) is 0 Å². The predicted molar refractivity (Wildman–Crippen MR) is 74.2 cm³/mol. The van der Waals surface area contributed by atoms with E-state index in [1.807, 2.05) is 31.3 Å². The fourth-order valence-corrected chi connectivity index (χ4v) is 0.953. The summed E-state index contributed by atoms with van der Waals surface area (Å²) in [5, 5.41) is 3.01. The first-order chi connectivity index (χ1) is 8.13. The van der Waals surface area contributed by atoms with Crippen molar-refractivity contribution in [3.05, 3.63) is 29.8 Å². The molecule has 0 atom stereocenters. The Morgan fingerprint density at radius 3 is 2.12 bits per heavy atom. The molecule has 0 aliphatic rings. The van der Waals surface area contributed by atoms with Gasteiger partial charge >= 0.3 is 5.97 Å². The van der Waals surface area contributed by atoms with Crippen molar-refractivity contribution in [3.63, 3.8) is 0 Å². The second-order valence-corrected chi connectivity index (χ2v) is 3.73. The van der Waals surface area contributed by atoms with E-state index in [0.29, 0.717) is 6.61 Å². The molecule has 0 aliphatic heterocycles. The molecular weight excluding hydrogens is 214 g/mol. The van der Waals surface area contributed by atoms with Gasteiger partial charge < -0.3 is 10.1 Å². The van der Waals surface area contributed by atoms with Crippen LogP contribution in [0.3, 0.4) is 0 Å². The van der Waals surface area contributed by atoms with Crippen LogP contribution < -0.4 is 5.32 Å². The minimum Gasteiger partial charge on any atom is -0.461 e. The third kappa shape index (κ3) is 8.31. The minimum atomic E-state index is -0.252. The molecule has 98 valence electrons. The Morgan fingerprint density at radius 2 is 1.76 bits per heavy atom. The lowest BCUT2D eigenvalue weighted by Gasteiger charge is -2.03. The van der Waals surface area contributed by atoms with Crippen LogP contribution in [0.4, 0.5) is 5.69 Å². The maximum atomic E-state index is 10.5. The number of anilines is 1. The van der Waals surface area contributed by atoms with Gasteiger partial charge in [-0.1, -0.05) is 38.8 Å². The van der Waals surface area contributed by atoms with Crippen molar-refractivity contribution in [1.29, 1.82) is 0 Å². The molecule has 1 N–H and O–H groups in total.